The summed E-state index contributed by atoms with van der Waals surface area (Å²) in [5.41, 5.74) is 0. The molecule has 5 atom stereocenters. The van der Waals surface area contributed by atoms with Gasteiger partial charge in [0.15, 0.2) is 6.29 Å². The minimum atomic E-state index is -1.54. The molecule has 1 unspecified atom stereocenters. The van der Waals surface area contributed by atoms with Crippen molar-refractivity contribution in [3.8, 4) is 0 Å². The van der Waals surface area contributed by atoms with Crippen LogP contribution in [0.2, 0.25) is 0 Å². The third kappa shape index (κ3) is 3.11. The number of aliphatic hydroxyl groups excluding tert-OH is 4. The molecule has 1 saturated heterocycles. The SMILES string of the molecule is O.[2H]CC(=O)N[C@@H]1C(O)O[C@H](CO)[C@@H](O)[C@@H]1O. The van der Waals surface area contributed by atoms with Gasteiger partial charge in [-0.1, -0.05) is 0 Å². The van der Waals surface area contributed by atoms with Crippen LogP contribution in [0.25, 0.3) is 0 Å². The van der Waals surface area contributed by atoms with Crippen LogP contribution < -0.4 is 5.32 Å². The van der Waals surface area contributed by atoms with Gasteiger partial charge >= 0.3 is 0 Å². The number of amides is 1. The number of rotatable bonds is 2. The summed E-state index contributed by atoms with van der Waals surface area (Å²) in [7, 11) is 0. The van der Waals surface area contributed by atoms with Gasteiger partial charge in [-0.15, -0.1) is 0 Å². The highest BCUT2D eigenvalue weighted by atomic mass is 16.6. The third-order valence-electron chi connectivity index (χ3n) is 2.23. The van der Waals surface area contributed by atoms with E-state index < -0.39 is 50.1 Å². The van der Waals surface area contributed by atoms with E-state index in [2.05, 4.69) is 5.32 Å². The Kier molecular flexibility index (Phi) is 5.06. The first-order chi connectivity index (χ1) is 7.51. The van der Waals surface area contributed by atoms with Crippen molar-refractivity contribution in [1.82, 2.24) is 5.32 Å². The molecule has 0 spiro atoms. The number of carbonyl (C=O) groups is 1. The Bertz CT molecular complexity index is 254. The van der Waals surface area contributed by atoms with E-state index in [4.69, 9.17) is 11.2 Å². The molecule has 8 heteroatoms. The minimum absolute atomic E-state index is 0. The van der Waals surface area contributed by atoms with E-state index in [1.54, 1.807) is 0 Å². The predicted octanol–water partition coefficient (Wildman–Crippen LogP) is -3.90. The molecule has 0 aromatic rings. The summed E-state index contributed by atoms with van der Waals surface area (Å²) in [5.74, 6) is -0.707. The van der Waals surface area contributed by atoms with Crippen molar-refractivity contribution in [3.63, 3.8) is 0 Å². The van der Waals surface area contributed by atoms with Gasteiger partial charge in [-0.3, -0.25) is 4.79 Å². The van der Waals surface area contributed by atoms with E-state index in [0.29, 0.717) is 0 Å². The first-order valence-corrected chi connectivity index (χ1v) is 4.40. The van der Waals surface area contributed by atoms with E-state index in [0.717, 1.165) is 0 Å². The van der Waals surface area contributed by atoms with Crippen molar-refractivity contribution in [2.24, 2.45) is 0 Å². The fourth-order valence-electron chi connectivity index (χ4n) is 1.44. The van der Waals surface area contributed by atoms with Gasteiger partial charge in [0.25, 0.3) is 0 Å². The van der Waals surface area contributed by atoms with E-state index >= 15 is 0 Å². The molecule has 0 bridgehead atoms. The largest absolute Gasteiger partial charge is 0.412 e. The maximum Gasteiger partial charge on any atom is 0.217 e. The van der Waals surface area contributed by atoms with Gasteiger partial charge < -0.3 is 36.0 Å². The molecule has 1 fully saturated rings. The van der Waals surface area contributed by atoms with E-state index in [1.165, 1.54) is 0 Å². The average Bonchev–Trinajstić information content (AvgIpc) is 2.28. The minimum Gasteiger partial charge on any atom is -0.412 e. The van der Waals surface area contributed by atoms with E-state index in [9.17, 15) is 20.1 Å². The summed E-state index contributed by atoms with van der Waals surface area (Å²) >= 11 is 0. The molecule has 0 radical (unpaired) electrons. The maximum absolute atomic E-state index is 10.9. The molecule has 1 rings (SSSR count). The van der Waals surface area contributed by atoms with Gasteiger partial charge in [0.1, 0.15) is 24.4 Å². The Morgan fingerprint density at radius 3 is 2.56 bits per heavy atom. The summed E-state index contributed by atoms with van der Waals surface area (Å²) < 4.78 is 11.6. The van der Waals surface area contributed by atoms with Gasteiger partial charge in [0.05, 0.1) is 6.61 Å². The quantitative estimate of drug-likeness (QED) is 0.333. The van der Waals surface area contributed by atoms with Crippen LogP contribution in [-0.2, 0) is 9.53 Å². The molecule has 1 aliphatic rings. The van der Waals surface area contributed by atoms with Crippen LogP contribution in [0.1, 0.15) is 8.27 Å². The monoisotopic (exact) mass is 240 g/mol. The van der Waals surface area contributed by atoms with E-state index in [-0.39, 0.29) is 5.48 Å². The van der Waals surface area contributed by atoms with Crippen LogP contribution >= 0.6 is 0 Å². The van der Waals surface area contributed by atoms with Crippen LogP contribution in [0.15, 0.2) is 0 Å². The lowest BCUT2D eigenvalue weighted by Crippen LogP contribution is -2.63. The fraction of sp³-hybridized carbons (Fsp3) is 0.875. The number of aliphatic hydroxyl groups is 4. The highest BCUT2D eigenvalue weighted by molar-refractivity contribution is 5.73. The molecule has 0 aromatic heterocycles. The Morgan fingerprint density at radius 1 is 1.44 bits per heavy atom. The van der Waals surface area contributed by atoms with Crippen molar-refractivity contribution in [2.75, 3.05) is 6.61 Å². The average molecular weight is 240 g/mol. The lowest BCUT2D eigenvalue weighted by Gasteiger charge is -2.40. The molecule has 96 valence electrons. The number of carbonyl (C=O) groups excluding carboxylic acids is 1. The second-order valence-corrected chi connectivity index (χ2v) is 3.32. The van der Waals surface area contributed by atoms with Crippen molar-refractivity contribution < 1.29 is 36.8 Å². The Morgan fingerprint density at radius 2 is 2.06 bits per heavy atom. The fourth-order valence-corrected chi connectivity index (χ4v) is 1.44. The van der Waals surface area contributed by atoms with Crippen LogP contribution in [-0.4, -0.2) is 69.1 Å². The Balaban J connectivity index is 0.00000256. The molecule has 1 heterocycles. The molecular weight excluding hydrogens is 222 g/mol. The van der Waals surface area contributed by atoms with Crippen molar-refractivity contribution in [1.29, 1.82) is 0 Å². The second-order valence-electron chi connectivity index (χ2n) is 3.32. The zero-order chi connectivity index (χ0) is 12.3. The molecule has 0 aromatic carbocycles. The first-order valence-electron chi connectivity index (χ1n) is 5.11. The highest BCUT2D eigenvalue weighted by Gasteiger charge is 2.43. The van der Waals surface area contributed by atoms with Crippen molar-refractivity contribution in [2.45, 2.75) is 37.5 Å². The van der Waals surface area contributed by atoms with Crippen LogP contribution in [0.5, 0.6) is 0 Å². The summed E-state index contributed by atoms with van der Waals surface area (Å²) in [6, 6.07) is -1.21. The molecule has 0 saturated carbocycles. The molecule has 0 aliphatic carbocycles. The number of hydrogen-bond acceptors (Lipinski definition) is 6. The van der Waals surface area contributed by atoms with Crippen LogP contribution in [0.3, 0.4) is 0 Å². The summed E-state index contributed by atoms with van der Waals surface area (Å²) in [6.45, 7) is -1.12. The molecule has 1 amide bonds. The van der Waals surface area contributed by atoms with Gasteiger partial charge in [0.2, 0.25) is 5.91 Å². The second kappa shape index (κ2) is 6.09. The van der Waals surface area contributed by atoms with Gasteiger partial charge in [-0.05, 0) is 0 Å². The smallest absolute Gasteiger partial charge is 0.217 e. The highest BCUT2D eigenvalue weighted by Crippen LogP contribution is 2.19. The maximum atomic E-state index is 10.9. The molecular formula is C8H17NO7. The van der Waals surface area contributed by atoms with Gasteiger partial charge in [-0.2, -0.15) is 0 Å². The normalized spacial score (nSPS) is 39.5. The Hall–Kier alpha value is -0.770. The van der Waals surface area contributed by atoms with Crippen molar-refractivity contribution >= 4 is 5.91 Å². The number of hydrogen-bond donors (Lipinski definition) is 5. The van der Waals surface area contributed by atoms with E-state index in [1.807, 2.05) is 0 Å². The predicted molar refractivity (Wildman–Crippen MR) is 51.2 cm³/mol. The molecule has 7 N–H and O–H groups in total. The lowest BCUT2D eigenvalue weighted by molar-refractivity contribution is -0.253. The van der Waals surface area contributed by atoms with Gasteiger partial charge in [-0.25, -0.2) is 0 Å². The standard InChI is InChI=1S/C8H15NO6.H2O/c1-3(11)9-5-7(13)6(12)4(2-10)15-8(5)14;/h4-8,10,12-14H,2H2,1H3,(H,9,11);1H2/t4-,5+,6-,7-,8?;/m1./s1/i1D;. The zero-order valence-corrected chi connectivity index (χ0v) is 8.41. The topological polar surface area (TPSA) is 151 Å². The molecule has 8 nitrogen and oxygen atoms in total. The van der Waals surface area contributed by atoms with Crippen LogP contribution in [0, 0.1) is 0 Å². The summed E-state index contributed by atoms with van der Waals surface area (Å²) in [5, 5.41) is 39.4. The number of nitrogens with one attached hydrogen (secondary N) is 1. The number of ether oxygens (including phenoxy) is 1. The lowest BCUT2D eigenvalue weighted by atomic mass is 9.97. The van der Waals surface area contributed by atoms with Crippen molar-refractivity contribution in [3.05, 3.63) is 0 Å². The summed E-state index contributed by atoms with van der Waals surface area (Å²) in [6.07, 6.45) is -5.51. The Labute approximate surface area is 93.2 Å². The molecule has 16 heavy (non-hydrogen) atoms. The first kappa shape index (κ1) is 13.3. The third-order valence-corrected chi connectivity index (χ3v) is 2.23. The zero-order valence-electron chi connectivity index (χ0n) is 9.41. The van der Waals surface area contributed by atoms with Crippen LogP contribution in [0.4, 0.5) is 0 Å². The summed E-state index contributed by atoms with van der Waals surface area (Å²) in [4.78, 5) is 10.9. The molecule has 1 aliphatic heterocycles. The van der Waals surface area contributed by atoms with Gasteiger partial charge in [0, 0.05) is 8.27 Å².